The number of likely N-dealkylation sites (N-methyl/N-ethyl adjacent to an activating group) is 2. The zero-order valence-electron chi connectivity index (χ0n) is 32.1. The van der Waals surface area contributed by atoms with E-state index in [2.05, 4.69) is 10.6 Å². The van der Waals surface area contributed by atoms with Gasteiger partial charge < -0.3 is 35.0 Å². The highest BCUT2D eigenvalue weighted by atomic mass is 16.5. The number of carbonyl (C=O) groups excluding carboxylic acids is 4. The van der Waals surface area contributed by atoms with E-state index in [1.54, 1.807) is 40.0 Å². The number of nitrogens with zero attached hydrogens (tertiary/aromatic N) is 3. The maximum atomic E-state index is 14.2. The summed E-state index contributed by atoms with van der Waals surface area (Å²) in [5, 5.41) is 16.6. The normalized spacial score (nSPS) is 23.2. The number of piperidine rings is 1. The fourth-order valence-corrected chi connectivity index (χ4v) is 7.93. The van der Waals surface area contributed by atoms with Gasteiger partial charge in [0.2, 0.25) is 23.6 Å². The molecule has 12 heteroatoms. The first-order valence-corrected chi connectivity index (χ1v) is 18.2. The van der Waals surface area contributed by atoms with Crippen LogP contribution < -0.4 is 10.6 Å². The van der Waals surface area contributed by atoms with E-state index in [9.17, 15) is 24.3 Å². The molecule has 1 aromatic carbocycles. The molecule has 2 fully saturated rings. The first kappa shape index (κ1) is 41.4. The molecule has 3 rings (SSSR count). The molecule has 12 nitrogen and oxygen atoms in total. The Labute approximate surface area is 299 Å². The highest BCUT2D eigenvalue weighted by Crippen LogP contribution is 2.50. The van der Waals surface area contributed by atoms with Crippen LogP contribution in [-0.4, -0.2) is 128 Å². The van der Waals surface area contributed by atoms with Gasteiger partial charge in [-0.1, -0.05) is 71.4 Å². The lowest BCUT2D eigenvalue weighted by Crippen LogP contribution is -2.55. The summed E-state index contributed by atoms with van der Waals surface area (Å²) in [5.41, 5.74) is 0.716. The van der Waals surface area contributed by atoms with Crippen LogP contribution >= 0.6 is 0 Å². The molecule has 4 amide bonds. The molecule has 1 saturated carbocycles. The second-order valence-corrected chi connectivity index (χ2v) is 15.0. The third kappa shape index (κ3) is 9.83. The number of aliphatic hydroxyl groups is 1. The summed E-state index contributed by atoms with van der Waals surface area (Å²) in [5.74, 6) is -0.967. The highest BCUT2D eigenvalue weighted by molar-refractivity contribution is 5.88. The van der Waals surface area contributed by atoms with Gasteiger partial charge in [-0.2, -0.15) is 0 Å². The summed E-state index contributed by atoms with van der Waals surface area (Å²) in [6.07, 6.45) is 0.453. The number of amides is 4. The van der Waals surface area contributed by atoms with Gasteiger partial charge in [-0.15, -0.1) is 0 Å². The molecular weight excluding hydrogens is 638 g/mol. The van der Waals surface area contributed by atoms with Crippen LogP contribution in [0.25, 0.3) is 0 Å². The van der Waals surface area contributed by atoms with Gasteiger partial charge in [0.15, 0.2) is 0 Å². The van der Waals surface area contributed by atoms with E-state index < -0.39 is 36.3 Å². The third-order valence-electron chi connectivity index (χ3n) is 11.0. The highest BCUT2D eigenvalue weighted by Gasteiger charge is 2.57. The topological polar surface area (TPSA) is 141 Å². The van der Waals surface area contributed by atoms with Crippen LogP contribution in [0.2, 0.25) is 0 Å². The molecule has 3 N–H and O–H groups in total. The lowest BCUT2D eigenvalue weighted by Gasteiger charge is -2.40. The van der Waals surface area contributed by atoms with Crippen molar-refractivity contribution in [2.24, 2.45) is 23.7 Å². The van der Waals surface area contributed by atoms with Crippen molar-refractivity contribution in [1.29, 1.82) is 0 Å². The largest absolute Gasteiger partial charge is 0.386 e. The SMILES string of the molecule is CCC(C)C(C(CC(=O)N1C2CC2CC1C(OC)C(C)C(=O)NC(C)C(O)c1ccccc1)OC)N(C)C(=O)CNC(=O)C(C(C)C)N(C)C. The first-order valence-electron chi connectivity index (χ1n) is 18.2. The summed E-state index contributed by atoms with van der Waals surface area (Å²) in [4.78, 5) is 59.5. The van der Waals surface area contributed by atoms with Gasteiger partial charge in [0.1, 0.15) is 0 Å². The van der Waals surface area contributed by atoms with Crippen molar-refractivity contribution in [3.05, 3.63) is 35.9 Å². The van der Waals surface area contributed by atoms with Crippen LogP contribution in [0.15, 0.2) is 30.3 Å². The van der Waals surface area contributed by atoms with Gasteiger partial charge in [-0.05, 0) is 57.2 Å². The third-order valence-corrected chi connectivity index (χ3v) is 11.0. The Morgan fingerprint density at radius 3 is 2.14 bits per heavy atom. The Balaban J connectivity index is 1.72. The van der Waals surface area contributed by atoms with E-state index in [0.717, 1.165) is 19.3 Å². The number of methoxy groups -OCH3 is 2. The molecule has 11 atom stereocenters. The van der Waals surface area contributed by atoms with Crippen molar-refractivity contribution in [3.8, 4) is 0 Å². The van der Waals surface area contributed by atoms with E-state index in [1.165, 1.54) is 0 Å². The Hall–Kier alpha value is -3.06. The first-order chi connectivity index (χ1) is 23.6. The molecule has 0 bridgehead atoms. The standard InChI is InChI=1S/C38H63N5O7/c1-12-23(4)34(42(9)32(45)21-39-38(48)33(22(2)3)41(7)8)30(49-10)20-31(44)43-28-18-27(28)19-29(43)36(50-11)24(5)37(47)40-25(6)35(46)26-16-14-13-15-17-26/h13-17,22-25,27-30,33-36,46H,12,18-21H2,1-11H3,(H,39,48)(H,40,47). The van der Waals surface area contributed by atoms with Gasteiger partial charge in [-0.3, -0.25) is 24.1 Å². The number of aliphatic hydroxyl groups excluding tert-OH is 1. The minimum atomic E-state index is -0.869. The number of benzene rings is 1. The number of carbonyl (C=O) groups is 4. The number of hydrogen-bond acceptors (Lipinski definition) is 8. The van der Waals surface area contributed by atoms with E-state index in [1.807, 2.05) is 81.9 Å². The number of rotatable bonds is 19. The summed E-state index contributed by atoms with van der Waals surface area (Å²) in [7, 11) is 8.53. The average molecular weight is 702 g/mol. The molecule has 1 aliphatic carbocycles. The molecule has 2 aliphatic rings. The molecular formula is C38H63N5O7. The maximum Gasteiger partial charge on any atom is 0.242 e. The Kier molecular flexibility index (Phi) is 15.3. The van der Waals surface area contributed by atoms with Crippen molar-refractivity contribution in [1.82, 2.24) is 25.3 Å². The zero-order valence-corrected chi connectivity index (χ0v) is 32.1. The number of ether oxygens (including phenoxy) is 2. The summed E-state index contributed by atoms with van der Waals surface area (Å²) >= 11 is 0. The monoisotopic (exact) mass is 701 g/mol. The molecule has 0 aromatic heterocycles. The van der Waals surface area contributed by atoms with Crippen molar-refractivity contribution in [3.63, 3.8) is 0 Å². The van der Waals surface area contributed by atoms with Gasteiger partial charge in [-0.25, -0.2) is 0 Å². The predicted octanol–water partition coefficient (Wildman–Crippen LogP) is 2.85. The van der Waals surface area contributed by atoms with Gasteiger partial charge >= 0.3 is 0 Å². The predicted molar refractivity (Wildman–Crippen MR) is 193 cm³/mol. The zero-order chi connectivity index (χ0) is 37.4. The second-order valence-electron chi connectivity index (χ2n) is 15.0. The van der Waals surface area contributed by atoms with Crippen molar-refractivity contribution in [2.75, 3.05) is 41.9 Å². The van der Waals surface area contributed by atoms with E-state index in [-0.39, 0.29) is 66.6 Å². The van der Waals surface area contributed by atoms with Gasteiger partial charge in [0.05, 0.1) is 61.4 Å². The summed E-state index contributed by atoms with van der Waals surface area (Å²) in [6, 6.07) is 7.68. The van der Waals surface area contributed by atoms with Crippen LogP contribution in [0, 0.1) is 23.7 Å². The summed E-state index contributed by atoms with van der Waals surface area (Å²) in [6.45, 7) is 11.4. The van der Waals surface area contributed by atoms with Crippen molar-refractivity contribution < 1.29 is 33.8 Å². The molecule has 11 unspecified atom stereocenters. The second kappa shape index (κ2) is 18.4. The minimum absolute atomic E-state index is 0.00862. The van der Waals surface area contributed by atoms with Crippen LogP contribution in [0.4, 0.5) is 0 Å². The van der Waals surface area contributed by atoms with Gasteiger partial charge in [0.25, 0.3) is 0 Å². The molecule has 0 spiro atoms. The fraction of sp³-hybridized carbons (Fsp3) is 0.737. The Morgan fingerprint density at radius 1 is 0.960 bits per heavy atom. The number of likely N-dealkylation sites (tertiary alicyclic amines) is 1. The molecule has 282 valence electrons. The Morgan fingerprint density at radius 2 is 1.60 bits per heavy atom. The molecule has 50 heavy (non-hydrogen) atoms. The van der Waals surface area contributed by atoms with E-state index >= 15 is 0 Å². The van der Waals surface area contributed by atoms with E-state index in [4.69, 9.17) is 9.47 Å². The molecule has 1 saturated heterocycles. The number of fused-ring (bicyclic) bond motifs is 1. The smallest absolute Gasteiger partial charge is 0.242 e. The van der Waals surface area contributed by atoms with Crippen LogP contribution in [-0.2, 0) is 28.7 Å². The molecule has 1 aromatic rings. The number of nitrogens with one attached hydrogen (secondary N) is 2. The van der Waals surface area contributed by atoms with Crippen molar-refractivity contribution >= 4 is 23.6 Å². The molecule has 1 aliphatic heterocycles. The van der Waals surface area contributed by atoms with E-state index in [0.29, 0.717) is 11.5 Å². The molecule has 1 heterocycles. The lowest BCUT2D eigenvalue weighted by atomic mass is 9.90. The molecule has 0 radical (unpaired) electrons. The van der Waals surface area contributed by atoms with Crippen LogP contribution in [0.1, 0.15) is 78.9 Å². The quantitative estimate of drug-likeness (QED) is 0.200. The fourth-order valence-electron chi connectivity index (χ4n) is 7.93. The van der Waals surface area contributed by atoms with Crippen LogP contribution in [0.5, 0.6) is 0 Å². The van der Waals surface area contributed by atoms with Crippen LogP contribution in [0.3, 0.4) is 0 Å². The van der Waals surface area contributed by atoms with Gasteiger partial charge in [0, 0.05) is 27.3 Å². The minimum Gasteiger partial charge on any atom is -0.386 e. The average Bonchev–Trinajstić information content (AvgIpc) is 3.74. The van der Waals surface area contributed by atoms with Crippen molar-refractivity contribution in [2.45, 2.75) is 116 Å². The maximum absolute atomic E-state index is 14.2. The Bertz CT molecular complexity index is 1270. The lowest BCUT2D eigenvalue weighted by molar-refractivity contribution is -0.147. The number of hydrogen-bond donors (Lipinski definition) is 3. The summed E-state index contributed by atoms with van der Waals surface area (Å²) < 4.78 is 11.9.